The van der Waals surface area contributed by atoms with Gasteiger partial charge in [-0.3, -0.25) is 14.9 Å². The van der Waals surface area contributed by atoms with E-state index in [4.69, 9.17) is 21.1 Å². The van der Waals surface area contributed by atoms with E-state index in [1.807, 2.05) is 0 Å². The van der Waals surface area contributed by atoms with E-state index in [-0.39, 0.29) is 33.9 Å². The minimum Gasteiger partial charge on any atom is -0.476 e. The number of amides is 1. The molecule has 0 spiro atoms. The van der Waals surface area contributed by atoms with E-state index in [1.165, 1.54) is 18.3 Å². The molecule has 1 amide bonds. The molecule has 0 radical (unpaired) electrons. The van der Waals surface area contributed by atoms with Gasteiger partial charge in [0.05, 0.1) is 34.9 Å². The van der Waals surface area contributed by atoms with Crippen molar-refractivity contribution >= 4 is 28.9 Å². The number of ether oxygens (including phenoxy) is 2. The molecule has 2 rings (SSSR count). The molecule has 25 heavy (non-hydrogen) atoms. The summed E-state index contributed by atoms with van der Waals surface area (Å²) in [7, 11) is 0. The van der Waals surface area contributed by atoms with Gasteiger partial charge in [-0.1, -0.05) is 11.6 Å². The number of benzene rings is 1. The van der Waals surface area contributed by atoms with Crippen LogP contribution in [0.2, 0.25) is 5.02 Å². The topological polar surface area (TPSA) is 116 Å². The number of non-ortho nitro benzene ring substituents is 1. The Morgan fingerprint density at radius 2 is 2.04 bits per heavy atom. The second-order valence-corrected chi connectivity index (χ2v) is 5.02. The summed E-state index contributed by atoms with van der Waals surface area (Å²) < 4.78 is 10.6. The van der Waals surface area contributed by atoms with Gasteiger partial charge in [0.1, 0.15) is 5.69 Å². The highest BCUT2D eigenvalue weighted by molar-refractivity contribution is 6.34. The third-order valence-electron chi connectivity index (χ3n) is 2.94. The normalized spacial score (nSPS) is 10.2. The highest BCUT2D eigenvalue weighted by atomic mass is 35.5. The lowest BCUT2D eigenvalue weighted by atomic mass is 10.2. The number of hydrogen-bond acceptors (Lipinski definition) is 7. The predicted octanol–water partition coefficient (Wildman–Crippen LogP) is 3.09. The number of halogens is 1. The van der Waals surface area contributed by atoms with E-state index in [2.05, 4.69) is 15.3 Å². The minimum atomic E-state index is -0.596. The van der Waals surface area contributed by atoms with Crippen molar-refractivity contribution in [2.24, 2.45) is 0 Å². The smallest absolute Gasteiger partial charge is 0.319 e. The quantitative estimate of drug-likeness (QED) is 0.591. The number of rotatable bonds is 7. The summed E-state index contributed by atoms with van der Waals surface area (Å²) in [5, 5.41) is 13.3. The molecule has 0 aliphatic heterocycles. The number of carbonyl (C=O) groups excluding carboxylic acids is 1. The van der Waals surface area contributed by atoms with Gasteiger partial charge >= 0.3 is 6.01 Å². The first-order chi connectivity index (χ1) is 12.0. The second kappa shape index (κ2) is 8.25. The van der Waals surface area contributed by atoms with Crippen molar-refractivity contribution in [1.82, 2.24) is 9.97 Å². The number of nitro benzene ring substituents is 1. The van der Waals surface area contributed by atoms with Gasteiger partial charge < -0.3 is 14.8 Å². The Bertz CT molecular complexity index is 799. The van der Waals surface area contributed by atoms with Crippen LogP contribution in [0.4, 0.5) is 11.4 Å². The summed E-state index contributed by atoms with van der Waals surface area (Å²) in [5.74, 6) is -0.430. The van der Waals surface area contributed by atoms with Crippen molar-refractivity contribution < 1.29 is 19.2 Å². The number of nitrogens with one attached hydrogen (secondary N) is 1. The Balaban J connectivity index is 2.26. The Hall–Kier alpha value is -2.94. The van der Waals surface area contributed by atoms with Gasteiger partial charge in [-0.05, 0) is 19.9 Å². The molecule has 9 nitrogen and oxygen atoms in total. The third-order valence-corrected chi connectivity index (χ3v) is 3.26. The van der Waals surface area contributed by atoms with Crippen molar-refractivity contribution in [3.63, 3.8) is 0 Å². The average molecular weight is 367 g/mol. The lowest BCUT2D eigenvalue weighted by Gasteiger charge is -2.12. The van der Waals surface area contributed by atoms with Gasteiger partial charge in [0.2, 0.25) is 5.88 Å². The Kier molecular flexibility index (Phi) is 6.07. The molecule has 0 saturated heterocycles. The molecule has 0 fully saturated rings. The van der Waals surface area contributed by atoms with Crippen LogP contribution < -0.4 is 14.8 Å². The van der Waals surface area contributed by atoms with Crippen molar-refractivity contribution in [1.29, 1.82) is 0 Å². The fraction of sp³-hybridized carbons (Fsp3) is 0.267. The first-order valence-electron chi connectivity index (χ1n) is 7.34. The maximum atomic E-state index is 12.4. The fourth-order valence-electron chi connectivity index (χ4n) is 1.87. The maximum Gasteiger partial charge on any atom is 0.319 e. The second-order valence-electron chi connectivity index (χ2n) is 4.61. The van der Waals surface area contributed by atoms with Gasteiger partial charge in [-0.15, -0.1) is 0 Å². The summed E-state index contributed by atoms with van der Waals surface area (Å²) in [5.41, 5.74) is 0.0919. The summed E-state index contributed by atoms with van der Waals surface area (Å²) in [6, 6.07) is 3.69. The Morgan fingerprint density at radius 3 is 2.64 bits per heavy atom. The molecule has 2 aromatic rings. The van der Waals surface area contributed by atoms with E-state index in [0.29, 0.717) is 13.2 Å². The molecule has 1 heterocycles. The molecule has 1 N–H and O–H groups in total. The van der Waals surface area contributed by atoms with Crippen LogP contribution in [0.25, 0.3) is 0 Å². The zero-order valence-electron chi connectivity index (χ0n) is 13.5. The van der Waals surface area contributed by atoms with Crippen molar-refractivity contribution in [2.75, 3.05) is 18.5 Å². The Labute approximate surface area is 148 Å². The SMILES string of the molecule is CCOc1ncc(NC(=O)c2ccc([N+](=O)[O-])cc2Cl)c(OCC)n1. The van der Waals surface area contributed by atoms with Crippen LogP contribution in [-0.4, -0.2) is 34.0 Å². The number of nitrogens with zero attached hydrogens (tertiary/aromatic N) is 3. The van der Waals surface area contributed by atoms with Crippen molar-refractivity contribution in [2.45, 2.75) is 13.8 Å². The van der Waals surface area contributed by atoms with Crippen LogP contribution in [-0.2, 0) is 0 Å². The Morgan fingerprint density at radius 1 is 1.32 bits per heavy atom. The monoisotopic (exact) mass is 366 g/mol. The summed E-state index contributed by atoms with van der Waals surface area (Å²) >= 11 is 5.95. The fourth-order valence-corrected chi connectivity index (χ4v) is 2.13. The molecular formula is C15H15ClN4O5. The highest BCUT2D eigenvalue weighted by Gasteiger charge is 2.18. The molecule has 0 bridgehead atoms. The summed E-state index contributed by atoms with van der Waals surface area (Å²) in [6.07, 6.45) is 1.35. The zero-order chi connectivity index (χ0) is 18.4. The van der Waals surface area contributed by atoms with E-state index in [0.717, 1.165) is 6.07 Å². The molecule has 10 heteroatoms. The largest absolute Gasteiger partial charge is 0.476 e. The van der Waals surface area contributed by atoms with Crippen LogP contribution in [0.1, 0.15) is 24.2 Å². The standard InChI is InChI=1S/C15H15ClN4O5/c1-3-24-14-12(8-17-15(19-14)25-4-2)18-13(21)10-6-5-9(20(22)23)7-11(10)16/h5-8H,3-4H2,1-2H3,(H,18,21). The van der Waals surface area contributed by atoms with Crippen LogP contribution in [0.5, 0.6) is 11.9 Å². The minimum absolute atomic E-state index is 0.0449. The van der Waals surface area contributed by atoms with Gasteiger partial charge in [-0.2, -0.15) is 4.98 Å². The lowest BCUT2D eigenvalue weighted by Crippen LogP contribution is -2.15. The van der Waals surface area contributed by atoms with E-state index in [1.54, 1.807) is 13.8 Å². The molecule has 0 saturated carbocycles. The number of anilines is 1. The molecule has 132 valence electrons. The maximum absolute atomic E-state index is 12.4. The van der Waals surface area contributed by atoms with E-state index < -0.39 is 10.8 Å². The lowest BCUT2D eigenvalue weighted by molar-refractivity contribution is -0.384. The van der Waals surface area contributed by atoms with E-state index in [9.17, 15) is 14.9 Å². The van der Waals surface area contributed by atoms with Crippen LogP contribution >= 0.6 is 11.6 Å². The summed E-state index contributed by atoms with van der Waals surface area (Å²) in [4.78, 5) is 30.5. The number of aromatic nitrogens is 2. The molecular weight excluding hydrogens is 352 g/mol. The van der Waals surface area contributed by atoms with Crippen LogP contribution in [0.3, 0.4) is 0 Å². The molecule has 0 atom stereocenters. The van der Waals surface area contributed by atoms with Crippen molar-refractivity contribution in [3.05, 3.63) is 45.1 Å². The van der Waals surface area contributed by atoms with Crippen molar-refractivity contribution in [3.8, 4) is 11.9 Å². The van der Waals surface area contributed by atoms with Gasteiger partial charge in [0, 0.05) is 12.1 Å². The average Bonchev–Trinajstić information content (AvgIpc) is 2.57. The van der Waals surface area contributed by atoms with Gasteiger partial charge in [-0.25, -0.2) is 4.98 Å². The molecule has 0 unspecified atom stereocenters. The van der Waals surface area contributed by atoms with Gasteiger partial charge in [0.25, 0.3) is 11.6 Å². The molecule has 0 aliphatic carbocycles. The van der Waals surface area contributed by atoms with E-state index >= 15 is 0 Å². The number of carbonyl (C=O) groups is 1. The zero-order valence-corrected chi connectivity index (χ0v) is 14.2. The van der Waals surface area contributed by atoms with Crippen LogP contribution in [0, 0.1) is 10.1 Å². The molecule has 1 aromatic carbocycles. The van der Waals surface area contributed by atoms with Gasteiger partial charge in [0.15, 0.2) is 0 Å². The van der Waals surface area contributed by atoms with Crippen LogP contribution in [0.15, 0.2) is 24.4 Å². The summed E-state index contributed by atoms with van der Waals surface area (Å²) in [6.45, 7) is 4.26. The number of nitro groups is 1. The first kappa shape index (κ1) is 18.4. The first-order valence-corrected chi connectivity index (χ1v) is 7.72. The molecule has 0 aliphatic rings. The number of hydrogen-bond donors (Lipinski definition) is 1. The highest BCUT2D eigenvalue weighted by Crippen LogP contribution is 2.26. The molecule has 1 aromatic heterocycles. The third kappa shape index (κ3) is 4.54. The predicted molar refractivity (Wildman–Crippen MR) is 90.4 cm³/mol.